The molecular weight excluding hydrogens is 305 g/mol. The van der Waals surface area contributed by atoms with E-state index in [-0.39, 0.29) is 0 Å². The van der Waals surface area contributed by atoms with Crippen LogP contribution in [0.3, 0.4) is 0 Å². The van der Waals surface area contributed by atoms with Crippen LogP contribution in [-0.4, -0.2) is 25.7 Å². The van der Waals surface area contributed by atoms with Crippen molar-refractivity contribution >= 4 is 34.2 Å². The molecule has 9 nitrogen and oxygen atoms in total. The quantitative estimate of drug-likeness (QED) is 0.521. The SMILES string of the molecule is CC(C)OP(=O)(O)OP(O)(=S)OP(=O)(O)O. The van der Waals surface area contributed by atoms with Gasteiger partial charge in [0.25, 0.3) is 0 Å². The van der Waals surface area contributed by atoms with Crippen LogP contribution in [0.15, 0.2) is 0 Å². The molecule has 0 radical (unpaired) electrons. The van der Waals surface area contributed by atoms with E-state index >= 15 is 0 Å². The van der Waals surface area contributed by atoms with Crippen LogP contribution in [0.1, 0.15) is 13.8 Å². The molecule has 0 aromatic carbocycles. The number of hydrogen-bond donors (Lipinski definition) is 4. The molecule has 2 atom stereocenters. The second-order valence-corrected chi connectivity index (χ2v) is 8.50. The van der Waals surface area contributed by atoms with Crippen LogP contribution in [-0.2, 0) is 34.1 Å². The van der Waals surface area contributed by atoms with Crippen LogP contribution in [0.25, 0.3) is 0 Å². The molecule has 98 valence electrons. The van der Waals surface area contributed by atoms with Crippen molar-refractivity contribution in [3.63, 3.8) is 0 Å². The van der Waals surface area contributed by atoms with Gasteiger partial charge in [0.2, 0.25) is 0 Å². The summed E-state index contributed by atoms with van der Waals surface area (Å²) in [4.78, 5) is 34.7. The number of phosphoric acid groups is 2. The standard InChI is InChI=1S/C3H11O9P3S/c1-3(2)10-14(7,8)12-15(9,16)11-13(4,5)6/h3H,1-2H3,(H,7,8)(H,9,16)(H2,4,5,6). The summed E-state index contributed by atoms with van der Waals surface area (Å²) >= 11 is 4.11. The largest absolute Gasteiger partial charge is 0.479 e. The minimum absolute atomic E-state index is 0.721. The van der Waals surface area contributed by atoms with Gasteiger partial charge in [-0.05, 0) is 25.7 Å². The Morgan fingerprint density at radius 3 is 1.81 bits per heavy atom. The van der Waals surface area contributed by atoms with Gasteiger partial charge in [0.05, 0.1) is 6.10 Å². The highest BCUT2D eigenvalue weighted by Crippen LogP contribution is 2.66. The van der Waals surface area contributed by atoms with E-state index in [9.17, 15) is 9.13 Å². The van der Waals surface area contributed by atoms with Crippen LogP contribution in [0.4, 0.5) is 0 Å². The molecule has 0 rings (SSSR count). The Kier molecular flexibility index (Phi) is 5.94. The van der Waals surface area contributed by atoms with Crippen LogP contribution >= 0.6 is 22.4 Å². The van der Waals surface area contributed by atoms with Crippen molar-refractivity contribution in [3.8, 4) is 0 Å². The van der Waals surface area contributed by atoms with E-state index in [0.717, 1.165) is 0 Å². The summed E-state index contributed by atoms with van der Waals surface area (Å²) in [5.41, 5.74) is 0. The molecule has 0 aliphatic rings. The van der Waals surface area contributed by atoms with Crippen molar-refractivity contribution in [2.45, 2.75) is 20.0 Å². The zero-order chi connectivity index (χ0) is 13.2. The topological polar surface area (TPSA) is 143 Å². The Balaban J connectivity index is 4.65. The lowest BCUT2D eigenvalue weighted by Gasteiger charge is -2.19. The molecule has 13 heteroatoms. The maximum atomic E-state index is 11.1. The molecule has 0 aromatic heterocycles. The van der Waals surface area contributed by atoms with Crippen molar-refractivity contribution in [3.05, 3.63) is 0 Å². The maximum Gasteiger partial charge on any atom is 0.479 e. The van der Waals surface area contributed by atoms with E-state index in [1.807, 2.05) is 0 Å². The highest BCUT2D eigenvalue weighted by Gasteiger charge is 2.37. The predicted octanol–water partition coefficient (Wildman–Crippen LogP) is 0.854. The van der Waals surface area contributed by atoms with Gasteiger partial charge < -0.3 is 19.6 Å². The molecule has 0 aliphatic heterocycles. The summed E-state index contributed by atoms with van der Waals surface area (Å²) in [6.45, 7) is -1.76. The highest BCUT2D eigenvalue weighted by atomic mass is 32.5. The predicted molar refractivity (Wildman–Crippen MR) is 56.8 cm³/mol. The number of phosphoric ester groups is 1. The fourth-order valence-electron chi connectivity index (χ4n) is 0.565. The molecule has 16 heavy (non-hydrogen) atoms. The van der Waals surface area contributed by atoms with E-state index in [2.05, 4.69) is 25.0 Å². The molecule has 0 saturated heterocycles. The van der Waals surface area contributed by atoms with Gasteiger partial charge in [0, 0.05) is 0 Å². The first-order valence-electron chi connectivity index (χ1n) is 3.65. The third kappa shape index (κ3) is 8.92. The molecule has 0 spiro atoms. The van der Waals surface area contributed by atoms with Crippen molar-refractivity contribution in [2.75, 3.05) is 0 Å². The van der Waals surface area contributed by atoms with Gasteiger partial charge in [0.15, 0.2) is 0 Å². The normalized spacial score (nSPS) is 20.4. The molecule has 0 aromatic rings. The van der Waals surface area contributed by atoms with Crippen molar-refractivity contribution < 1.29 is 41.8 Å². The Morgan fingerprint density at radius 1 is 1.06 bits per heavy atom. The Morgan fingerprint density at radius 2 is 1.50 bits per heavy atom. The lowest BCUT2D eigenvalue weighted by molar-refractivity contribution is 0.154. The van der Waals surface area contributed by atoms with Crippen LogP contribution in [0, 0.1) is 0 Å². The first kappa shape index (κ1) is 16.8. The van der Waals surface area contributed by atoms with Gasteiger partial charge in [-0.3, -0.25) is 4.52 Å². The Hall–Kier alpha value is 0.830. The third-order valence-corrected chi connectivity index (χ3v) is 5.98. The summed E-state index contributed by atoms with van der Waals surface area (Å²) in [5, 5.41) is 0. The van der Waals surface area contributed by atoms with E-state index in [1.54, 1.807) is 0 Å². The fourth-order valence-corrected chi connectivity index (χ4v) is 5.30. The first-order chi connectivity index (χ1) is 6.83. The Bertz CT molecular complexity index is 372. The molecule has 0 aliphatic carbocycles. The summed E-state index contributed by atoms with van der Waals surface area (Å²) in [6, 6.07) is 0. The monoisotopic (exact) mass is 316 g/mol. The van der Waals surface area contributed by atoms with Gasteiger partial charge in [-0.1, -0.05) is 0 Å². The van der Waals surface area contributed by atoms with Crippen molar-refractivity contribution in [1.82, 2.24) is 0 Å². The molecule has 0 fully saturated rings. The average Bonchev–Trinajstić information content (AvgIpc) is 1.69. The lowest BCUT2D eigenvalue weighted by Crippen LogP contribution is -2.02. The third-order valence-electron chi connectivity index (χ3n) is 0.760. The molecule has 4 N–H and O–H groups in total. The molecule has 0 amide bonds. The number of hydrogen-bond acceptors (Lipinski definition) is 6. The van der Waals surface area contributed by atoms with Crippen molar-refractivity contribution in [2.24, 2.45) is 0 Å². The second-order valence-electron chi connectivity index (χ2n) is 2.75. The Labute approximate surface area is 96.5 Å². The molecule has 0 bridgehead atoms. The van der Waals surface area contributed by atoms with E-state index in [1.165, 1.54) is 13.8 Å². The van der Waals surface area contributed by atoms with Gasteiger partial charge >= 0.3 is 22.4 Å². The minimum Gasteiger partial charge on any atom is -0.324 e. The van der Waals surface area contributed by atoms with Gasteiger partial charge in [0.1, 0.15) is 0 Å². The van der Waals surface area contributed by atoms with Gasteiger partial charge in [-0.2, -0.15) is 0 Å². The molecular formula is C3H11O9P3S. The van der Waals surface area contributed by atoms with E-state index in [4.69, 9.17) is 19.6 Å². The minimum atomic E-state index is -5.13. The van der Waals surface area contributed by atoms with Gasteiger partial charge in [-0.15, -0.1) is 0 Å². The fraction of sp³-hybridized carbons (Fsp3) is 1.00. The zero-order valence-electron chi connectivity index (χ0n) is 8.16. The average molecular weight is 316 g/mol. The summed E-state index contributed by atoms with van der Waals surface area (Å²) in [6.07, 6.45) is -0.721. The van der Waals surface area contributed by atoms with E-state index < -0.39 is 28.5 Å². The second kappa shape index (κ2) is 5.65. The van der Waals surface area contributed by atoms with Crippen molar-refractivity contribution in [1.29, 1.82) is 0 Å². The summed E-state index contributed by atoms with van der Waals surface area (Å²) < 4.78 is 33.4. The highest BCUT2D eigenvalue weighted by molar-refractivity contribution is 8.09. The lowest BCUT2D eigenvalue weighted by atomic mass is 10.5. The molecule has 0 heterocycles. The van der Waals surface area contributed by atoms with Gasteiger partial charge in [-0.25, -0.2) is 17.8 Å². The molecule has 2 unspecified atom stereocenters. The maximum absolute atomic E-state index is 11.1. The van der Waals surface area contributed by atoms with Crippen LogP contribution in [0.5, 0.6) is 0 Å². The summed E-state index contributed by atoms with van der Waals surface area (Å²) in [5.74, 6) is 0. The zero-order valence-corrected chi connectivity index (χ0v) is 11.7. The van der Waals surface area contributed by atoms with Crippen LogP contribution in [0.2, 0.25) is 0 Å². The smallest absolute Gasteiger partial charge is 0.324 e. The number of rotatable bonds is 6. The summed E-state index contributed by atoms with van der Waals surface area (Å²) in [7, 11) is -9.85. The molecule has 0 saturated carbocycles. The van der Waals surface area contributed by atoms with E-state index in [0.29, 0.717) is 0 Å². The van der Waals surface area contributed by atoms with Crippen LogP contribution < -0.4 is 0 Å². The first-order valence-corrected chi connectivity index (χ1v) is 9.27.